The van der Waals surface area contributed by atoms with Crippen LogP contribution in [0, 0.1) is 0 Å². The minimum atomic E-state index is -0.383. The average Bonchev–Trinajstić information content (AvgIpc) is 2.34. The maximum Gasteiger partial charge on any atom is 0.231 e. The molecule has 6 heteroatoms. The number of aliphatic hydroxyl groups excluding tert-OH is 1. The van der Waals surface area contributed by atoms with Crippen molar-refractivity contribution in [3.8, 4) is 0 Å². The number of hydrogen-bond acceptors (Lipinski definition) is 5. The van der Waals surface area contributed by atoms with Crippen LogP contribution in [0.2, 0.25) is 0 Å². The van der Waals surface area contributed by atoms with Crippen molar-refractivity contribution in [2.45, 2.75) is 6.54 Å². The number of primary amides is 1. The van der Waals surface area contributed by atoms with E-state index in [1.54, 1.807) is 0 Å². The van der Waals surface area contributed by atoms with Crippen molar-refractivity contribution in [2.75, 3.05) is 38.6 Å². The summed E-state index contributed by atoms with van der Waals surface area (Å²) in [5.41, 5.74) is 12.6. The van der Waals surface area contributed by atoms with Crippen LogP contribution >= 0.6 is 0 Å². The van der Waals surface area contributed by atoms with Gasteiger partial charge in [-0.25, -0.2) is 0 Å². The van der Waals surface area contributed by atoms with Gasteiger partial charge in [0.25, 0.3) is 0 Å². The molecule has 1 aromatic carbocycles. The van der Waals surface area contributed by atoms with Crippen LogP contribution in [-0.2, 0) is 16.1 Å². The molecular formula is C13H21N3O3. The van der Waals surface area contributed by atoms with Gasteiger partial charge in [-0.15, -0.1) is 0 Å². The fourth-order valence-corrected chi connectivity index (χ4v) is 1.74. The van der Waals surface area contributed by atoms with Gasteiger partial charge in [0.2, 0.25) is 5.91 Å². The molecule has 19 heavy (non-hydrogen) atoms. The van der Waals surface area contributed by atoms with Crippen LogP contribution in [0.5, 0.6) is 0 Å². The van der Waals surface area contributed by atoms with E-state index in [1.165, 1.54) is 0 Å². The first-order valence-electron chi connectivity index (χ1n) is 6.15. The molecule has 0 spiro atoms. The second-order valence-electron chi connectivity index (χ2n) is 4.26. The smallest absolute Gasteiger partial charge is 0.231 e. The lowest BCUT2D eigenvalue weighted by atomic mass is 10.2. The Morgan fingerprint density at radius 3 is 2.79 bits per heavy atom. The van der Waals surface area contributed by atoms with Gasteiger partial charge in [0, 0.05) is 18.8 Å². The number of aliphatic hydroxyl groups is 1. The minimum Gasteiger partial charge on any atom is -0.399 e. The second kappa shape index (κ2) is 8.47. The van der Waals surface area contributed by atoms with Gasteiger partial charge in [0.1, 0.15) is 0 Å². The highest BCUT2D eigenvalue weighted by Crippen LogP contribution is 2.09. The zero-order valence-corrected chi connectivity index (χ0v) is 10.9. The summed E-state index contributed by atoms with van der Waals surface area (Å²) in [7, 11) is 0. The number of nitrogen functional groups attached to an aromatic ring is 1. The predicted molar refractivity (Wildman–Crippen MR) is 73.2 cm³/mol. The lowest BCUT2D eigenvalue weighted by Gasteiger charge is -2.20. The summed E-state index contributed by atoms with van der Waals surface area (Å²) in [4.78, 5) is 12.9. The Morgan fingerprint density at radius 2 is 2.16 bits per heavy atom. The van der Waals surface area contributed by atoms with E-state index in [1.807, 2.05) is 29.2 Å². The SMILES string of the molecule is NC(=O)CN(CCOCCO)Cc1cccc(N)c1. The van der Waals surface area contributed by atoms with E-state index in [9.17, 15) is 4.79 Å². The van der Waals surface area contributed by atoms with Gasteiger partial charge in [0.05, 0.1) is 26.4 Å². The highest BCUT2D eigenvalue weighted by atomic mass is 16.5. The van der Waals surface area contributed by atoms with Gasteiger partial charge >= 0.3 is 0 Å². The van der Waals surface area contributed by atoms with Gasteiger partial charge in [-0.2, -0.15) is 0 Å². The fourth-order valence-electron chi connectivity index (χ4n) is 1.74. The van der Waals surface area contributed by atoms with Gasteiger partial charge in [-0.3, -0.25) is 9.69 Å². The number of benzene rings is 1. The van der Waals surface area contributed by atoms with Crippen molar-refractivity contribution in [3.63, 3.8) is 0 Å². The number of amides is 1. The molecule has 0 heterocycles. The van der Waals surface area contributed by atoms with Gasteiger partial charge in [-0.1, -0.05) is 12.1 Å². The van der Waals surface area contributed by atoms with Crippen molar-refractivity contribution in [2.24, 2.45) is 5.73 Å². The maximum absolute atomic E-state index is 11.0. The molecule has 0 saturated carbocycles. The lowest BCUT2D eigenvalue weighted by molar-refractivity contribution is -0.119. The third kappa shape index (κ3) is 6.76. The molecule has 1 amide bonds. The Balaban J connectivity index is 2.51. The van der Waals surface area contributed by atoms with Crippen molar-refractivity contribution in [1.29, 1.82) is 0 Å². The molecule has 6 nitrogen and oxygen atoms in total. The number of nitrogens with two attached hydrogens (primary N) is 2. The summed E-state index contributed by atoms with van der Waals surface area (Å²) >= 11 is 0. The molecule has 0 saturated heterocycles. The number of carbonyl (C=O) groups excluding carboxylic acids is 1. The van der Waals surface area contributed by atoms with E-state index in [2.05, 4.69) is 0 Å². The van der Waals surface area contributed by atoms with Crippen LogP contribution in [0.1, 0.15) is 5.56 Å². The molecule has 0 radical (unpaired) electrons. The molecule has 0 aliphatic rings. The van der Waals surface area contributed by atoms with Crippen LogP contribution in [0.25, 0.3) is 0 Å². The van der Waals surface area contributed by atoms with Crippen molar-refractivity contribution in [3.05, 3.63) is 29.8 Å². The van der Waals surface area contributed by atoms with Gasteiger partial charge < -0.3 is 21.3 Å². The molecular weight excluding hydrogens is 246 g/mol. The van der Waals surface area contributed by atoms with E-state index < -0.39 is 0 Å². The summed E-state index contributed by atoms with van der Waals surface area (Å²) in [5, 5.41) is 8.62. The number of rotatable bonds is 9. The van der Waals surface area contributed by atoms with Crippen LogP contribution in [-0.4, -0.2) is 48.8 Å². The van der Waals surface area contributed by atoms with Crippen LogP contribution in [0.15, 0.2) is 24.3 Å². The first-order valence-corrected chi connectivity index (χ1v) is 6.15. The molecule has 0 aromatic heterocycles. The fraction of sp³-hybridized carbons (Fsp3) is 0.462. The summed E-state index contributed by atoms with van der Waals surface area (Å²) in [6, 6.07) is 7.49. The molecule has 0 atom stereocenters. The van der Waals surface area contributed by atoms with E-state index >= 15 is 0 Å². The van der Waals surface area contributed by atoms with Crippen LogP contribution in [0.4, 0.5) is 5.69 Å². The third-order valence-corrected chi connectivity index (χ3v) is 2.52. The predicted octanol–water partition coefficient (Wildman–Crippen LogP) is -0.435. The standard InChI is InChI=1S/C13H21N3O3/c14-12-3-1-2-11(8-12)9-16(10-13(15)18)4-6-19-7-5-17/h1-3,8,17H,4-7,9-10,14H2,(H2,15,18). The number of nitrogens with zero attached hydrogens (tertiary/aromatic N) is 1. The summed E-state index contributed by atoms with van der Waals surface area (Å²) in [6.07, 6.45) is 0. The quantitative estimate of drug-likeness (QED) is 0.416. The second-order valence-corrected chi connectivity index (χ2v) is 4.26. The van der Waals surface area contributed by atoms with Crippen molar-refractivity contribution in [1.82, 2.24) is 4.90 Å². The molecule has 0 bridgehead atoms. The molecule has 1 rings (SSSR count). The van der Waals surface area contributed by atoms with Gasteiger partial charge in [-0.05, 0) is 17.7 Å². The number of carbonyl (C=O) groups is 1. The zero-order valence-electron chi connectivity index (χ0n) is 10.9. The molecule has 106 valence electrons. The zero-order chi connectivity index (χ0) is 14.1. The molecule has 5 N–H and O–H groups in total. The average molecular weight is 267 g/mol. The molecule has 0 fully saturated rings. The van der Waals surface area contributed by atoms with Gasteiger partial charge in [0.15, 0.2) is 0 Å². The first-order chi connectivity index (χ1) is 9.11. The number of hydrogen-bond donors (Lipinski definition) is 3. The van der Waals surface area contributed by atoms with E-state index in [0.717, 1.165) is 5.56 Å². The minimum absolute atomic E-state index is 0.00889. The molecule has 0 unspecified atom stereocenters. The van der Waals surface area contributed by atoms with Crippen LogP contribution < -0.4 is 11.5 Å². The molecule has 1 aromatic rings. The number of ether oxygens (including phenoxy) is 1. The topological polar surface area (TPSA) is 102 Å². The summed E-state index contributed by atoms with van der Waals surface area (Å²) < 4.78 is 5.19. The first kappa shape index (κ1) is 15.4. The highest BCUT2D eigenvalue weighted by molar-refractivity contribution is 5.75. The van der Waals surface area contributed by atoms with E-state index in [0.29, 0.717) is 32.0 Å². The normalized spacial score (nSPS) is 10.8. The lowest BCUT2D eigenvalue weighted by Crippen LogP contribution is -2.35. The van der Waals surface area contributed by atoms with Crippen molar-refractivity contribution < 1.29 is 14.6 Å². The summed E-state index contributed by atoms with van der Waals surface area (Å²) in [6.45, 7) is 2.04. The van der Waals surface area contributed by atoms with Crippen LogP contribution in [0.3, 0.4) is 0 Å². The molecule has 0 aliphatic carbocycles. The Bertz CT molecular complexity index is 398. The van der Waals surface area contributed by atoms with E-state index in [4.69, 9.17) is 21.3 Å². The molecule has 0 aliphatic heterocycles. The largest absolute Gasteiger partial charge is 0.399 e. The monoisotopic (exact) mass is 267 g/mol. The maximum atomic E-state index is 11.0. The Morgan fingerprint density at radius 1 is 1.37 bits per heavy atom. The highest BCUT2D eigenvalue weighted by Gasteiger charge is 2.09. The van der Waals surface area contributed by atoms with Crippen molar-refractivity contribution >= 4 is 11.6 Å². The Hall–Kier alpha value is -1.63. The third-order valence-electron chi connectivity index (χ3n) is 2.52. The Kier molecular flexibility index (Phi) is 6.88. The Labute approximate surface area is 112 Å². The number of anilines is 1. The van der Waals surface area contributed by atoms with E-state index in [-0.39, 0.29) is 19.1 Å². The summed E-state index contributed by atoms with van der Waals surface area (Å²) in [5.74, 6) is -0.383.